The molecule has 0 saturated carbocycles. The van der Waals surface area contributed by atoms with Gasteiger partial charge in [0.15, 0.2) is 0 Å². The van der Waals surface area contributed by atoms with Crippen molar-refractivity contribution >= 4 is 11.8 Å². The number of aliphatic hydroxyl groups is 2. The minimum atomic E-state index is -1.13. The number of nitrogens with zero attached hydrogens (tertiary/aromatic N) is 3. The number of benzene rings is 1. The number of pyridine rings is 1. The third-order valence-corrected chi connectivity index (χ3v) is 5.86. The van der Waals surface area contributed by atoms with Gasteiger partial charge < -0.3 is 20.0 Å². The van der Waals surface area contributed by atoms with E-state index >= 15 is 0 Å². The lowest BCUT2D eigenvalue weighted by molar-refractivity contribution is -0.172. The SMILES string of the molecule is CC(O)C(=O)N1CC(O)(C2CCCN2C(=O)c2cccc(-c3ccncc3)c2)C1. The summed E-state index contributed by atoms with van der Waals surface area (Å²) in [7, 11) is 0. The van der Waals surface area contributed by atoms with Crippen LogP contribution in [0.15, 0.2) is 48.8 Å². The molecule has 152 valence electrons. The van der Waals surface area contributed by atoms with Gasteiger partial charge in [-0.05, 0) is 55.2 Å². The molecule has 2 aliphatic rings. The summed E-state index contributed by atoms with van der Waals surface area (Å²) in [6.07, 6.45) is 3.85. The van der Waals surface area contributed by atoms with Crippen molar-refractivity contribution in [3.63, 3.8) is 0 Å². The van der Waals surface area contributed by atoms with E-state index in [9.17, 15) is 19.8 Å². The van der Waals surface area contributed by atoms with E-state index in [1.54, 1.807) is 23.4 Å². The maximum absolute atomic E-state index is 13.2. The van der Waals surface area contributed by atoms with Crippen molar-refractivity contribution in [3.8, 4) is 11.1 Å². The molecule has 7 heteroatoms. The van der Waals surface area contributed by atoms with Crippen LogP contribution in [0.5, 0.6) is 0 Å². The molecule has 0 spiro atoms. The van der Waals surface area contributed by atoms with Gasteiger partial charge >= 0.3 is 0 Å². The van der Waals surface area contributed by atoms with Crippen LogP contribution in [-0.4, -0.2) is 74.2 Å². The van der Waals surface area contributed by atoms with E-state index in [4.69, 9.17) is 0 Å². The fourth-order valence-electron chi connectivity index (χ4n) is 4.36. The monoisotopic (exact) mass is 395 g/mol. The lowest BCUT2D eigenvalue weighted by Crippen LogP contribution is -2.72. The van der Waals surface area contributed by atoms with Crippen LogP contribution in [0.1, 0.15) is 30.1 Å². The highest BCUT2D eigenvalue weighted by Crippen LogP contribution is 2.35. The minimum absolute atomic E-state index is 0.114. The van der Waals surface area contributed by atoms with Crippen molar-refractivity contribution in [3.05, 3.63) is 54.4 Å². The Morgan fingerprint density at radius 3 is 2.59 bits per heavy atom. The first-order chi connectivity index (χ1) is 13.9. The van der Waals surface area contributed by atoms with E-state index < -0.39 is 17.6 Å². The first-order valence-electron chi connectivity index (χ1n) is 9.90. The average Bonchev–Trinajstić information content (AvgIpc) is 3.21. The number of β-amino-alcohol motifs (C(OH)–C–C–N with tert-alkyl or cyclic N) is 1. The van der Waals surface area contributed by atoms with Crippen LogP contribution in [0.4, 0.5) is 0 Å². The van der Waals surface area contributed by atoms with Crippen LogP contribution in [0.3, 0.4) is 0 Å². The summed E-state index contributed by atoms with van der Waals surface area (Å²) < 4.78 is 0. The second-order valence-electron chi connectivity index (χ2n) is 7.95. The fraction of sp³-hybridized carbons (Fsp3) is 0.409. The molecule has 29 heavy (non-hydrogen) atoms. The molecular formula is C22H25N3O4. The van der Waals surface area contributed by atoms with E-state index in [0.717, 1.165) is 17.5 Å². The van der Waals surface area contributed by atoms with Gasteiger partial charge in [-0.1, -0.05) is 12.1 Å². The zero-order chi connectivity index (χ0) is 20.6. The van der Waals surface area contributed by atoms with Gasteiger partial charge in [-0.15, -0.1) is 0 Å². The van der Waals surface area contributed by atoms with Gasteiger partial charge in [0.1, 0.15) is 11.7 Å². The molecule has 2 N–H and O–H groups in total. The summed E-state index contributed by atoms with van der Waals surface area (Å²) in [5.74, 6) is -0.507. The van der Waals surface area contributed by atoms with E-state index in [-0.39, 0.29) is 25.0 Å². The molecule has 0 radical (unpaired) electrons. The fourth-order valence-corrected chi connectivity index (χ4v) is 4.36. The van der Waals surface area contributed by atoms with Crippen molar-refractivity contribution in [2.75, 3.05) is 19.6 Å². The van der Waals surface area contributed by atoms with Crippen LogP contribution < -0.4 is 0 Å². The van der Waals surface area contributed by atoms with E-state index in [1.807, 2.05) is 30.3 Å². The second kappa shape index (κ2) is 7.57. The normalized spacial score (nSPS) is 21.6. The molecule has 4 rings (SSSR count). The molecule has 2 saturated heterocycles. The summed E-state index contributed by atoms with van der Waals surface area (Å²) in [6.45, 7) is 2.28. The van der Waals surface area contributed by atoms with Crippen molar-refractivity contribution in [2.45, 2.75) is 37.5 Å². The summed E-state index contributed by atoms with van der Waals surface area (Å²) in [5, 5.41) is 20.5. The van der Waals surface area contributed by atoms with Crippen LogP contribution >= 0.6 is 0 Å². The van der Waals surface area contributed by atoms with E-state index in [2.05, 4.69) is 4.98 Å². The maximum Gasteiger partial charge on any atom is 0.254 e. The summed E-state index contributed by atoms with van der Waals surface area (Å²) in [4.78, 5) is 32.3. The van der Waals surface area contributed by atoms with Crippen molar-refractivity contribution < 1.29 is 19.8 Å². The maximum atomic E-state index is 13.2. The Kier molecular flexibility index (Phi) is 5.10. The number of hydrogen-bond acceptors (Lipinski definition) is 5. The Morgan fingerprint density at radius 2 is 1.90 bits per heavy atom. The number of aromatic nitrogens is 1. The molecule has 2 unspecified atom stereocenters. The van der Waals surface area contributed by atoms with E-state index in [1.165, 1.54) is 11.8 Å². The van der Waals surface area contributed by atoms with Crippen LogP contribution in [0.25, 0.3) is 11.1 Å². The largest absolute Gasteiger partial charge is 0.384 e. The first-order valence-corrected chi connectivity index (χ1v) is 9.90. The number of carbonyl (C=O) groups is 2. The number of rotatable bonds is 4. The number of amides is 2. The molecule has 3 heterocycles. The quantitative estimate of drug-likeness (QED) is 0.814. The molecule has 7 nitrogen and oxygen atoms in total. The highest BCUT2D eigenvalue weighted by molar-refractivity contribution is 5.96. The van der Waals surface area contributed by atoms with Crippen LogP contribution in [0.2, 0.25) is 0 Å². The third kappa shape index (κ3) is 3.63. The van der Waals surface area contributed by atoms with Crippen molar-refractivity contribution in [1.82, 2.24) is 14.8 Å². The Morgan fingerprint density at radius 1 is 1.17 bits per heavy atom. The summed E-state index contributed by atoms with van der Waals surface area (Å²) >= 11 is 0. The van der Waals surface area contributed by atoms with Crippen molar-refractivity contribution in [1.29, 1.82) is 0 Å². The zero-order valence-corrected chi connectivity index (χ0v) is 16.4. The smallest absolute Gasteiger partial charge is 0.254 e. The Labute approximate surface area is 169 Å². The van der Waals surface area contributed by atoms with E-state index in [0.29, 0.717) is 18.5 Å². The topological polar surface area (TPSA) is 94.0 Å². The van der Waals surface area contributed by atoms with Gasteiger partial charge in [0.2, 0.25) is 0 Å². The average molecular weight is 395 g/mol. The molecule has 0 bridgehead atoms. The van der Waals surface area contributed by atoms with Gasteiger partial charge in [0.05, 0.1) is 19.1 Å². The molecule has 2 aliphatic heterocycles. The van der Waals surface area contributed by atoms with Gasteiger partial charge in [0.25, 0.3) is 11.8 Å². The molecule has 2 aromatic rings. The lowest BCUT2D eigenvalue weighted by atomic mass is 9.84. The molecule has 1 aromatic heterocycles. The standard InChI is InChI=1S/C22H25N3O4/c1-15(26)20(27)24-13-22(29,14-24)19-6-3-11-25(19)21(28)18-5-2-4-17(12-18)16-7-9-23-10-8-16/h2,4-5,7-10,12,15,19,26,29H,3,6,11,13-14H2,1H3. The Bertz CT molecular complexity index is 909. The Hall–Kier alpha value is -2.77. The summed E-state index contributed by atoms with van der Waals surface area (Å²) in [5.41, 5.74) is 1.37. The van der Waals surface area contributed by atoms with Gasteiger partial charge in [-0.25, -0.2) is 0 Å². The molecule has 2 atom stereocenters. The molecule has 0 aliphatic carbocycles. The number of carbonyl (C=O) groups excluding carboxylic acids is 2. The zero-order valence-electron chi connectivity index (χ0n) is 16.4. The van der Waals surface area contributed by atoms with Crippen molar-refractivity contribution in [2.24, 2.45) is 0 Å². The molecular weight excluding hydrogens is 370 g/mol. The minimum Gasteiger partial charge on any atom is -0.384 e. The highest BCUT2D eigenvalue weighted by atomic mass is 16.3. The Balaban J connectivity index is 1.51. The van der Waals surface area contributed by atoms with Gasteiger partial charge in [-0.3, -0.25) is 14.6 Å². The highest BCUT2D eigenvalue weighted by Gasteiger charge is 2.53. The predicted molar refractivity (Wildman–Crippen MR) is 107 cm³/mol. The first kappa shape index (κ1) is 19.5. The predicted octanol–water partition coefficient (Wildman–Crippen LogP) is 1.31. The number of aliphatic hydroxyl groups excluding tert-OH is 1. The second-order valence-corrected chi connectivity index (χ2v) is 7.95. The molecule has 2 fully saturated rings. The lowest BCUT2D eigenvalue weighted by Gasteiger charge is -2.51. The third-order valence-electron chi connectivity index (χ3n) is 5.86. The van der Waals surface area contributed by atoms with Gasteiger partial charge in [0, 0.05) is 24.5 Å². The number of likely N-dealkylation sites (tertiary alicyclic amines) is 2. The van der Waals surface area contributed by atoms with Gasteiger partial charge in [-0.2, -0.15) is 0 Å². The number of hydrogen-bond donors (Lipinski definition) is 2. The van der Waals surface area contributed by atoms with Crippen LogP contribution in [-0.2, 0) is 4.79 Å². The molecule has 1 aromatic carbocycles. The summed E-state index contributed by atoms with van der Waals surface area (Å²) in [6, 6.07) is 10.9. The van der Waals surface area contributed by atoms with Crippen LogP contribution in [0, 0.1) is 0 Å². The molecule has 2 amide bonds.